The molecular weight excluding hydrogens is 282 g/mol. The topological polar surface area (TPSA) is 37.4 Å². The Hall–Kier alpha value is -1.16. The standard InChI is InChI=1S/C13H14BrNO2/c1-9-2-3-12(14)11(8-9)13(17)15-6-4-10(16)5-7-15/h2-3,8H,4-7H2,1H3. The largest absolute Gasteiger partial charge is 0.338 e. The molecule has 3 nitrogen and oxygen atoms in total. The number of halogens is 1. The van der Waals surface area contributed by atoms with Gasteiger partial charge in [0.05, 0.1) is 5.56 Å². The van der Waals surface area contributed by atoms with E-state index in [9.17, 15) is 9.59 Å². The van der Waals surface area contributed by atoms with Gasteiger partial charge in [-0.3, -0.25) is 9.59 Å². The van der Waals surface area contributed by atoms with Gasteiger partial charge in [-0.25, -0.2) is 0 Å². The first-order valence-corrected chi connectivity index (χ1v) is 6.44. The fourth-order valence-corrected chi connectivity index (χ4v) is 2.35. The Morgan fingerprint density at radius 3 is 2.59 bits per heavy atom. The van der Waals surface area contributed by atoms with Gasteiger partial charge in [0, 0.05) is 30.4 Å². The Morgan fingerprint density at radius 2 is 1.94 bits per heavy atom. The van der Waals surface area contributed by atoms with Gasteiger partial charge in [-0.05, 0) is 35.0 Å². The Morgan fingerprint density at radius 1 is 1.29 bits per heavy atom. The van der Waals surface area contributed by atoms with Crippen LogP contribution in [0, 0.1) is 6.92 Å². The van der Waals surface area contributed by atoms with Gasteiger partial charge in [-0.1, -0.05) is 11.6 Å². The van der Waals surface area contributed by atoms with E-state index < -0.39 is 0 Å². The highest BCUT2D eigenvalue weighted by molar-refractivity contribution is 9.10. The van der Waals surface area contributed by atoms with Crippen molar-refractivity contribution < 1.29 is 9.59 Å². The molecule has 1 aliphatic rings. The molecule has 1 amide bonds. The van der Waals surface area contributed by atoms with E-state index in [0.29, 0.717) is 31.5 Å². The summed E-state index contributed by atoms with van der Waals surface area (Å²) in [4.78, 5) is 25.2. The Balaban J connectivity index is 2.19. The normalized spacial score (nSPS) is 16.1. The number of amides is 1. The number of rotatable bonds is 1. The van der Waals surface area contributed by atoms with Crippen molar-refractivity contribution in [1.29, 1.82) is 0 Å². The molecule has 1 aliphatic heterocycles. The van der Waals surface area contributed by atoms with Gasteiger partial charge in [0.1, 0.15) is 5.78 Å². The van der Waals surface area contributed by atoms with E-state index in [1.807, 2.05) is 25.1 Å². The smallest absolute Gasteiger partial charge is 0.255 e. The lowest BCUT2D eigenvalue weighted by molar-refractivity contribution is -0.120. The minimum absolute atomic E-state index is 0.00748. The number of likely N-dealkylation sites (tertiary alicyclic amines) is 1. The molecule has 17 heavy (non-hydrogen) atoms. The highest BCUT2D eigenvalue weighted by Gasteiger charge is 2.23. The van der Waals surface area contributed by atoms with Crippen molar-refractivity contribution in [3.63, 3.8) is 0 Å². The van der Waals surface area contributed by atoms with Gasteiger partial charge in [0.25, 0.3) is 5.91 Å². The highest BCUT2D eigenvalue weighted by atomic mass is 79.9. The van der Waals surface area contributed by atoms with E-state index in [0.717, 1.165) is 10.0 Å². The predicted molar refractivity (Wildman–Crippen MR) is 69.0 cm³/mol. The molecule has 0 spiro atoms. The molecule has 90 valence electrons. The third-order valence-electron chi connectivity index (χ3n) is 2.96. The molecule has 0 atom stereocenters. The second-order valence-corrected chi connectivity index (χ2v) is 5.17. The molecule has 0 bridgehead atoms. The quantitative estimate of drug-likeness (QED) is 0.798. The van der Waals surface area contributed by atoms with Gasteiger partial charge in [-0.2, -0.15) is 0 Å². The van der Waals surface area contributed by atoms with Gasteiger partial charge in [0.2, 0.25) is 0 Å². The van der Waals surface area contributed by atoms with Crippen LogP contribution < -0.4 is 0 Å². The van der Waals surface area contributed by atoms with E-state index in [1.54, 1.807) is 4.90 Å². The number of carbonyl (C=O) groups is 2. The average Bonchev–Trinajstić information content (AvgIpc) is 2.32. The van der Waals surface area contributed by atoms with Crippen molar-refractivity contribution in [2.45, 2.75) is 19.8 Å². The van der Waals surface area contributed by atoms with Crippen molar-refractivity contribution in [1.82, 2.24) is 4.90 Å². The lowest BCUT2D eigenvalue weighted by atomic mass is 10.1. The number of hydrogen-bond donors (Lipinski definition) is 0. The van der Waals surface area contributed by atoms with Crippen LogP contribution in [0.3, 0.4) is 0 Å². The van der Waals surface area contributed by atoms with E-state index >= 15 is 0 Å². The van der Waals surface area contributed by atoms with Gasteiger partial charge in [-0.15, -0.1) is 0 Å². The first-order chi connectivity index (χ1) is 8.08. The van der Waals surface area contributed by atoms with Gasteiger partial charge >= 0.3 is 0 Å². The second kappa shape index (κ2) is 5.00. The number of benzene rings is 1. The number of carbonyl (C=O) groups excluding carboxylic acids is 2. The molecule has 1 fully saturated rings. The Labute approximate surface area is 109 Å². The zero-order valence-electron chi connectivity index (χ0n) is 9.70. The summed E-state index contributed by atoms with van der Waals surface area (Å²) >= 11 is 3.40. The van der Waals surface area contributed by atoms with Crippen LogP contribution >= 0.6 is 15.9 Å². The zero-order valence-corrected chi connectivity index (χ0v) is 11.3. The van der Waals surface area contributed by atoms with E-state index in [-0.39, 0.29) is 11.7 Å². The van der Waals surface area contributed by atoms with Crippen molar-refractivity contribution in [2.24, 2.45) is 0 Å². The average molecular weight is 296 g/mol. The van der Waals surface area contributed by atoms with Crippen LogP contribution in [0.2, 0.25) is 0 Å². The van der Waals surface area contributed by atoms with Gasteiger partial charge in [0.15, 0.2) is 0 Å². The summed E-state index contributed by atoms with van der Waals surface area (Å²) in [5.41, 5.74) is 1.74. The molecule has 0 unspecified atom stereocenters. The molecule has 1 aromatic rings. The van der Waals surface area contributed by atoms with Crippen molar-refractivity contribution in [3.8, 4) is 0 Å². The van der Waals surface area contributed by atoms with Crippen molar-refractivity contribution >= 4 is 27.6 Å². The van der Waals surface area contributed by atoms with Crippen molar-refractivity contribution in [3.05, 3.63) is 33.8 Å². The maximum atomic E-state index is 12.3. The highest BCUT2D eigenvalue weighted by Crippen LogP contribution is 2.21. The first-order valence-electron chi connectivity index (χ1n) is 5.65. The van der Waals surface area contributed by atoms with E-state index in [1.165, 1.54) is 0 Å². The lowest BCUT2D eigenvalue weighted by Crippen LogP contribution is -2.38. The number of nitrogens with zero attached hydrogens (tertiary/aromatic N) is 1. The summed E-state index contributed by atoms with van der Waals surface area (Å²) in [6, 6.07) is 5.72. The molecule has 4 heteroatoms. The number of piperidine rings is 1. The number of aryl methyl sites for hydroxylation is 1. The minimum atomic E-state index is 0.00748. The van der Waals surface area contributed by atoms with Crippen LogP contribution in [0.15, 0.2) is 22.7 Å². The summed E-state index contributed by atoms with van der Waals surface area (Å²) in [6.45, 7) is 3.04. The maximum Gasteiger partial charge on any atom is 0.255 e. The monoisotopic (exact) mass is 295 g/mol. The Kier molecular flexibility index (Phi) is 3.62. The molecule has 0 aromatic heterocycles. The van der Waals surface area contributed by atoms with E-state index in [2.05, 4.69) is 15.9 Å². The Bertz CT molecular complexity index is 460. The summed E-state index contributed by atoms with van der Waals surface area (Å²) in [5.74, 6) is 0.255. The molecule has 0 radical (unpaired) electrons. The summed E-state index contributed by atoms with van der Waals surface area (Å²) in [7, 11) is 0. The molecule has 0 aliphatic carbocycles. The fraction of sp³-hybridized carbons (Fsp3) is 0.385. The number of ketones is 1. The molecule has 1 heterocycles. The number of Topliss-reactive ketones (excluding diaryl/α,β-unsaturated/α-hetero) is 1. The summed E-state index contributed by atoms with van der Waals surface area (Å²) in [6.07, 6.45) is 0.963. The predicted octanol–water partition coefficient (Wildman–Crippen LogP) is 2.56. The summed E-state index contributed by atoms with van der Waals surface area (Å²) < 4.78 is 0.810. The third kappa shape index (κ3) is 2.75. The maximum absolute atomic E-state index is 12.3. The number of hydrogen-bond acceptors (Lipinski definition) is 2. The molecule has 0 saturated carbocycles. The summed E-state index contributed by atoms with van der Waals surface area (Å²) in [5, 5.41) is 0. The van der Waals surface area contributed by atoms with Gasteiger partial charge < -0.3 is 4.90 Å². The second-order valence-electron chi connectivity index (χ2n) is 4.31. The fourth-order valence-electron chi connectivity index (χ4n) is 1.93. The van der Waals surface area contributed by atoms with Crippen molar-refractivity contribution in [2.75, 3.05) is 13.1 Å². The van der Waals surface area contributed by atoms with Crippen LogP contribution in [-0.4, -0.2) is 29.7 Å². The SMILES string of the molecule is Cc1ccc(Br)c(C(=O)N2CCC(=O)CC2)c1. The van der Waals surface area contributed by atoms with Crippen LogP contribution in [0.5, 0.6) is 0 Å². The van der Waals surface area contributed by atoms with Crippen LogP contribution in [0.1, 0.15) is 28.8 Å². The lowest BCUT2D eigenvalue weighted by Gasteiger charge is -2.26. The van der Waals surface area contributed by atoms with Crippen LogP contribution in [-0.2, 0) is 4.79 Å². The molecule has 1 saturated heterocycles. The molecule has 2 rings (SSSR count). The van der Waals surface area contributed by atoms with Crippen LogP contribution in [0.25, 0.3) is 0 Å². The molecule has 1 aromatic carbocycles. The molecule has 0 N–H and O–H groups in total. The van der Waals surface area contributed by atoms with E-state index in [4.69, 9.17) is 0 Å². The molecular formula is C13H14BrNO2. The minimum Gasteiger partial charge on any atom is -0.338 e. The zero-order chi connectivity index (χ0) is 12.4. The first kappa shape index (κ1) is 12.3. The third-order valence-corrected chi connectivity index (χ3v) is 3.65. The van der Waals surface area contributed by atoms with Crippen LogP contribution in [0.4, 0.5) is 0 Å².